The summed E-state index contributed by atoms with van der Waals surface area (Å²) in [6.07, 6.45) is 0. The molecular weight excluding hydrogens is 232 g/mol. The van der Waals surface area contributed by atoms with Crippen LogP contribution in [0.25, 0.3) is 0 Å². The molecule has 15 heavy (non-hydrogen) atoms. The van der Waals surface area contributed by atoms with Crippen molar-refractivity contribution in [3.05, 3.63) is 18.2 Å². The molecule has 0 unspecified atom stereocenters. The zero-order valence-corrected chi connectivity index (χ0v) is 10.2. The minimum Gasteiger partial charge on any atom is -0.399 e. The largest absolute Gasteiger partial charge is 0.399 e. The maximum atomic E-state index is 11.3. The Morgan fingerprint density at radius 3 is 2.40 bits per heavy atom. The molecule has 0 aromatic heterocycles. The fraction of sp³-hybridized carbons (Fsp3) is 0.333. The normalized spacial score (nSPS) is 12.0. The van der Waals surface area contributed by atoms with Crippen LogP contribution in [0.2, 0.25) is 0 Å². The highest BCUT2D eigenvalue weighted by Crippen LogP contribution is 2.30. The molecule has 0 fully saturated rings. The number of benzene rings is 1. The van der Waals surface area contributed by atoms with Gasteiger partial charge in [0.1, 0.15) is 0 Å². The number of rotatable bonds is 3. The van der Waals surface area contributed by atoms with Gasteiger partial charge in [0.05, 0.1) is 4.90 Å². The molecule has 0 aliphatic rings. The molecule has 1 rings (SSSR count). The van der Waals surface area contributed by atoms with Crippen molar-refractivity contribution < 1.29 is 8.42 Å². The van der Waals surface area contributed by atoms with E-state index in [9.17, 15) is 8.42 Å². The lowest BCUT2D eigenvalue weighted by Crippen LogP contribution is -2.14. The van der Waals surface area contributed by atoms with Crippen LogP contribution in [0.15, 0.2) is 28.0 Å². The van der Waals surface area contributed by atoms with Crippen LogP contribution in [0.1, 0.15) is 13.8 Å². The van der Waals surface area contributed by atoms with Crippen molar-refractivity contribution in [1.82, 2.24) is 0 Å². The minimum atomic E-state index is -3.70. The maximum Gasteiger partial charge on any atom is 0.239 e. The number of anilines is 1. The summed E-state index contributed by atoms with van der Waals surface area (Å²) in [5.74, 6) is 0. The van der Waals surface area contributed by atoms with Gasteiger partial charge in [-0.25, -0.2) is 13.6 Å². The van der Waals surface area contributed by atoms with Crippen molar-refractivity contribution in [2.24, 2.45) is 5.14 Å². The molecule has 4 N–H and O–H groups in total. The van der Waals surface area contributed by atoms with Crippen molar-refractivity contribution in [3.8, 4) is 0 Å². The van der Waals surface area contributed by atoms with Crippen molar-refractivity contribution >= 4 is 27.5 Å². The molecule has 0 saturated carbocycles. The van der Waals surface area contributed by atoms with Gasteiger partial charge in [0.15, 0.2) is 0 Å². The van der Waals surface area contributed by atoms with E-state index in [1.807, 2.05) is 13.8 Å². The second kappa shape index (κ2) is 4.42. The summed E-state index contributed by atoms with van der Waals surface area (Å²) >= 11 is 1.45. The summed E-state index contributed by atoms with van der Waals surface area (Å²) in [4.78, 5) is 0.739. The molecule has 1 aromatic rings. The highest BCUT2D eigenvalue weighted by Gasteiger charge is 2.15. The molecule has 0 bridgehead atoms. The third-order valence-corrected chi connectivity index (χ3v) is 3.80. The number of nitrogens with two attached hydrogens (primary N) is 2. The Hall–Kier alpha value is -0.720. The zero-order valence-electron chi connectivity index (χ0n) is 8.60. The van der Waals surface area contributed by atoms with Crippen LogP contribution in [0.3, 0.4) is 0 Å². The first-order valence-electron chi connectivity index (χ1n) is 4.39. The zero-order chi connectivity index (χ0) is 11.6. The fourth-order valence-electron chi connectivity index (χ4n) is 1.10. The summed E-state index contributed by atoms with van der Waals surface area (Å²) < 4.78 is 22.6. The van der Waals surface area contributed by atoms with E-state index in [0.717, 1.165) is 0 Å². The fourth-order valence-corrected chi connectivity index (χ4v) is 3.07. The number of thioether (sulfide) groups is 1. The van der Waals surface area contributed by atoms with E-state index in [0.29, 0.717) is 10.6 Å². The Morgan fingerprint density at radius 1 is 1.33 bits per heavy atom. The molecule has 6 heteroatoms. The lowest BCUT2D eigenvalue weighted by molar-refractivity contribution is 0.596. The predicted molar refractivity (Wildman–Crippen MR) is 63.2 cm³/mol. The Kier molecular flexibility index (Phi) is 3.64. The number of nitrogen functional groups attached to an aromatic ring is 1. The number of hydrogen-bond donors (Lipinski definition) is 2. The first-order chi connectivity index (χ1) is 6.80. The van der Waals surface area contributed by atoms with E-state index in [4.69, 9.17) is 10.9 Å². The molecular formula is C9H14N2O2S2. The van der Waals surface area contributed by atoms with Crippen LogP contribution in [-0.2, 0) is 10.0 Å². The Balaban J connectivity index is 3.27. The Bertz CT molecular complexity index is 455. The van der Waals surface area contributed by atoms with Crippen LogP contribution in [-0.4, -0.2) is 13.7 Å². The van der Waals surface area contributed by atoms with Crippen molar-refractivity contribution in [2.75, 3.05) is 5.73 Å². The van der Waals surface area contributed by atoms with Gasteiger partial charge in [-0.2, -0.15) is 0 Å². The molecule has 0 radical (unpaired) electrons. The second-order valence-corrected chi connectivity index (χ2v) is 6.57. The minimum absolute atomic E-state index is 0.0983. The van der Waals surface area contributed by atoms with Crippen LogP contribution >= 0.6 is 11.8 Å². The van der Waals surface area contributed by atoms with Gasteiger partial charge in [-0.05, 0) is 18.2 Å². The molecule has 0 aliphatic heterocycles. The lowest BCUT2D eigenvalue weighted by atomic mass is 10.3. The SMILES string of the molecule is CC(C)Sc1ccc(N)cc1S(N)(=O)=O. The molecule has 4 nitrogen and oxygen atoms in total. The molecule has 1 aromatic carbocycles. The van der Waals surface area contributed by atoms with Gasteiger partial charge in [-0.1, -0.05) is 13.8 Å². The molecule has 0 amide bonds. The number of sulfonamides is 1. The van der Waals surface area contributed by atoms with Crippen LogP contribution in [0.5, 0.6) is 0 Å². The van der Waals surface area contributed by atoms with E-state index in [2.05, 4.69) is 0 Å². The van der Waals surface area contributed by atoms with Crippen LogP contribution < -0.4 is 10.9 Å². The van der Waals surface area contributed by atoms with Gasteiger partial charge >= 0.3 is 0 Å². The van der Waals surface area contributed by atoms with Gasteiger partial charge in [0, 0.05) is 15.8 Å². The summed E-state index contributed by atoms with van der Waals surface area (Å²) in [5.41, 5.74) is 5.92. The smallest absolute Gasteiger partial charge is 0.239 e. The van der Waals surface area contributed by atoms with Crippen molar-refractivity contribution in [3.63, 3.8) is 0 Å². The second-order valence-electron chi connectivity index (χ2n) is 3.42. The molecule has 0 saturated heterocycles. The Labute approximate surface area is 94.1 Å². The average Bonchev–Trinajstić information content (AvgIpc) is 2.05. The summed E-state index contributed by atoms with van der Waals surface area (Å²) in [6.45, 7) is 3.96. The topological polar surface area (TPSA) is 86.2 Å². The lowest BCUT2D eigenvalue weighted by Gasteiger charge is -2.10. The molecule has 0 heterocycles. The summed E-state index contributed by atoms with van der Waals surface area (Å²) in [6, 6.07) is 4.74. The third kappa shape index (κ3) is 3.40. The Morgan fingerprint density at radius 2 is 1.93 bits per heavy atom. The van der Waals surface area contributed by atoms with E-state index in [1.165, 1.54) is 17.8 Å². The van der Waals surface area contributed by atoms with E-state index in [-0.39, 0.29) is 10.1 Å². The van der Waals surface area contributed by atoms with Gasteiger partial charge in [-0.15, -0.1) is 11.8 Å². The molecule has 0 aliphatic carbocycles. The van der Waals surface area contributed by atoms with Gasteiger partial charge < -0.3 is 5.73 Å². The first-order valence-corrected chi connectivity index (χ1v) is 6.82. The van der Waals surface area contributed by atoms with E-state index < -0.39 is 10.0 Å². The number of primary sulfonamides is 1. The van der Waals surface area contributed by atoms with E-state index in [1.54, 1.807) is 12.1 Å². The number of hydrogen-bond acceptors (Lipinski definition) is 4. The average molecular weight is 246 g/mol. The van der Waals surface area contributed by atoms with Crippen molar-refractivity contribution in [1.29, 1.82) is 0 Å². The monoisotopic (exact) mass is 246 g/mol. The summed E-state index contributed by atoms with van der Waals surface area (Å²) in [5, 5.41) is 5.39. The highest BCUT2D eigenvalue weighted by atomic mass is 32.2. The standard InChI is InChI=1S/C9H14N2O2S2/c1-6(2)14-8-4-3-7(10)5-9(8)15(11,12)13/h3-6H,10H2,1-2H3,(H2,11,12,13). The van der Waals surface area contributed by atoms with Crippen LogP contribution in [0, 0.1) is 0 Å². The quantitative estimate of drug-likeness (QED) is 0.623. The predicted octanol–water partition coefficient (Wildman–Crippen LogP) is 1.42. The van der Waals surface area contributed by atoms with Crippen LogP contribution in [0.4, 0.5) is 5.69 Å². The molecule has 84 valence electrons. The van der Waals surface area contributed by atoms with Crippen molar-refractivity contribution in [2.45, 2.75) is 28.9 Å². The molecule has 0 atom stereocenters. The summed E-state index contributed by atoms with van der Waals surface area (Å²) in [7, 11) is -3.70. The van der Waals surface area contributed by atoms with E-state index >= 15 is 0 Å². The highest BCUT2D eigenvalue weighted by molar-refractivity contribution is 8.00. The third-order valence-electron chi connectivity index (χ3n) is 1.64. The molecule has 0 spiro atoms. The van der Waals surface area contributed by atoms with Gasteiger partial charge in [0.25, 0.3) is 0 Å². The first kappa shape index (κ1) is 12.4. The van der Waals surface area contributed by atoms with Gasteiger partial charge in [0.2, 0.25) is 10.0 Å². The maximum absolute atomic E-state index is 11.3. The van der Waals surface area contributed by atoms with Gasteiger partial charge in [-0.3, -0.25) is 0 Å².